The zero-order chi connectivity index (χ0) is 21.3. The van der Waals surface area contributed by atoms with E-state index in [0.717, 1.165) is 30.4 Å². The fourth-order valence-electron chi connectivity index (χ4n) is 3.74. The first-order valence-corrected chi connectivity index (χ1v) is 10.8. The minimum Gasteiger partial charge on any atom is -0.462 e. The minimum absolute atomic E-state index is 0.0850. The summed E-state index contributed by atoms with van der Waals surface area (Å²) in [5.41, 5.74) is 1.83. The third-order valence-electron chi connectivity index (χ3n) is 5.54. The van der Waals surface area contributed by atoms with E-state index in [-0.39, 0.29) is 29.8 Å². The summed E-state index contributed by atoms with van der Waals surface area (Å²) < 4.78 is 24.1. The molecule has 1 aliphatic rings. The van der Waals surface area contributed by atoms with E-state index in [1.807, 2.05) is 12.1 Å². The molecule has 0 aromatic heterocycles. The molecule has 4 nitrogen and oxygen atoms in total. The third kappa shape index (κ3) is 6.41. The van der Waals surface area contributed by atoms with Crippen molar-refractivity contribution in [3.8, 4) is 16.9 Å². The van der Waals surface area contributed by atoms with E-state index in [2.05, 4.69) is 6.92 Å². The van der Waals surface area contributed by atoms with Gasteiger partial charge in [0.05, 0.1) is 5.92 Å². The number of unbranched alkanes of at least 4 members (excludes halogenated alkanes) is 2. The number of hydrogen-bond donors (Lipinski definition) is 0. The average Bonchev–Trinajstić information content (AvgIpc) is 2.75. The van der Waals surface area contributed by atoms with Gasteiger partial charge >= 0.3 is 11.9 Å². The van der Waals surface area contributed by atoms with E-state index >= 15 is 0 Å². The second-order valence-corrected chi connectivity index (χ2v) is 7.87. The molecular weight excluding hydrogens is 383 g/mol. The molecule has 2 aromatic rings. The Morgan fingerprint density at radius 1 is 0.900 bits per heavy atom. The molecule has 0 amide bonds. The third-order valence-corrected chi connectivity index (χ3v) is 5.54. The Morgan fingerprint density at radius 3 is 2.10 bits per heavy atom. The zero-order valence-electron chi connectivity index (χ0n) is 17.4. The van der Waals surface area contributed by atoms with Crippen LogP contribution < -0.4 is 4.74 Å². The van der Waals surface area contributed by atoms with Crippen LogP contribution in [0.25, 0.3) is 11.1 Å². The van der Waals surface area contributed by atoms with Gasteiger partial charge in [-0.2, -0.15) is 0 Å². The van der Waals surface area contributed by atoms with Gasteiger partial charge in [0.15, 0.2) is 0 Å². The number of hydrogen-bond acceptors (Lipinski definition) is 4. The van der Waals surface area contributed by atoms with Crippen LogP contribution >= 0.6 is 0 Å². The average molecular weight is 413 g/mol. The first kappa shape index (κ1) is 22.0. The Morgan fingerprint density at radius 2 is 1.50 bits per heavy atom. The molecule has 1 fully saturated rings. The number of halogens is 1. The molecule has 30 heavy (non-hydrogen) atoms. The quantitative estimate of drug-likeness (QED) is 0.299. The number of carbonyl (C=O) groups is 2. The molecule has 0 atom stereocenters. The Balaban J connectivity index is 1.44. The zero-order valence-corrected chi connectivity index (χ0v) is 17.4. The van der Waals surface area contributed by atoms with Crippen molar-refractivity contribution in [1.82, 2.24) is 0 Å². The molecule has 0 radical (unpaired) electrons. The van der Waals surface area contributed by atoms with Crippen LogP contribution in [0.1, 0.15) is 58.3 Å². The predicted molar refractivity (Wildman–Crippen MR) is 113 cm³/mol. The van der Waals surface area contributed by atoms with Crippen molar-refractivity contribution in [2.45, 2.75) is 64.4 Å². The lowest BCUT2D eigenvalue weighted by atomic mass is 9.87. The van der Waals surface area contributed by atoms with Crippen molar-refractivity contribution in [3.05, 3.63) is 54.3 Å². The monoisotopic (exact) mass is 412 g/mol. The van der Waals surface area contributed by atoms with Crippen molar-refractivity contribution in [2.75, 3.05) is 0 Å². The molecule has 0 saturated heterocycles. The molecule has 0 aliphatic heterocycles. The highest BCUT2D eigenvalue weighted by Gasteiger charge is 2.29. The summed E-state index contributed by atoms with van der Waals surface area (Å²) in [6, 6.07) is 13.5. The summed E-state index contributed by atoms with van der Waals surface area (Å²) in [4.78, 5) is 24.3. The molecule has 160 valence electrons. The lowest BCUT2D eigenvalue weighted by Crippen LogP contribution is -2.30. The van der Waals surface area contributed by atoms with Gasteiger partial charge < -0.3 is 9.47 Å². The first-order chi connectivity index (χ1) is 14.5. The minimum atomic E-state index is -0.273. The Bertz CT molecular complexity index is 821. The first-order valence-electron chi connectivity index (χ1n) is 10.8. The van der Waals surface area contributed by atoms with Gasteiger partial charge in [0, 0.05) is 6.42 Å². The molecule has 0 heterocycles. The molecule has 0 unspecified atom stereocenters. The van der Waals surface area contributed by atoms with Crippen LogP contribution in [0.4, 0.5) is 4.39 Å². The lowest BCUT2D eigenvalue weighted by Gasteiger charge is -2.27. The van der Waals surface area contributed by atoms with E-state index in [9.17, 15) is 14.0 Å². The SMILES string of the molecule is CCCCCC(=O)OC1CCC(C(=O)Oc2ccc(-c3ccc(F)cc3)cc2)CC1. The van der Waals surface area contributed by atoms with Crippen LogP contribution in [0.15, 0.2) is 48.5 Å². The second kappa shape index (κ2) is 10.9. The van der Waals surface area contributed by atoms with Gasteiger partial charge in [0.2, 0.25) is 0 Å². The number of rotatable bonds is 8. The van der Waals surface area contributed by atoms with Gasteiger partial charge in [-0.25, -0.2) is 4.39 Å². The normalized spacial score (nSPS) is 18.6. The van der Waals surface area contributed by atoms with E-state index in [1.165, 1.54) is 12.1 Å². The standard InChI is InChI=1S/C25H29FO4/c1-2-3-4-5-24(27)29-22-16-10-20(11-17-22)25(28)30-23-14-8-19(9-15-23)18-6-12-21(26)13-7-18/h6-9,12-15,20,22H,2-5,10-11,16-17H2,1H3. The molecule has 5 heteroatoms. The molecule has 0 N–H and O–H groups in total. The molecule has 2 aromatic carbocycles. The Kier molecular flexibility index (Phi) is 8.00. The summed E-state index contributed by atoms with van der Waals surface area (Å²) in [7, 11) is 0. The highest BCUT2D eigenvalue weighted by atomic mass is 19.1. The molecule has 1 aliphatic carbocycles. The van der Waals surface area contributed by atoms with Gasteiger partial charge in [-0.1, -0.05) is 44.0 Å². The summed E-state index contributed by atoms with van der Waals surface area (Å²) in [5, 5.41) is 0. The fraction of sp³-hybridized carbons (Fsp3) is 0.440. The van der Waals surface area contributed by atoms with Gasteiger partial charge in [-0.15, -0.1) is 0 Å². The fourth-order valence-corrected chi connectivity index (χ4v) is 3.74. The summed E-state index contributed by atoms with van der Waals surface area (Å²) in [5.74, 6) is -0.314. The summed E-state index contributed by atoms with van der Waals surface area (Å²) in [6.45, 7) is 2.10. The van der Waals surface area contributed by atoms with Crippen molar-refractivity contribution >= 4 is 11.9 Å². The molecule has 1 saturated carbocycles. The maximum Gasteiger partial charge on any atom is 0.314 e. The Hall–Kier alpha value is -2.69. The summed E-state index contributed by atoms with van der Waals surface area (Å²) >= 11 is 0. The van der Waals surface area contributed by atoms with Crippen LogP contribution in [-0.4, -0.2) is 18.0 Å². The highest BCUT2D eigenvalue weighted by molar-refractivity contribution is 5.75. The maximum absolute atomic E-state index is 13.1. The number of ether oxygens (including phenoxy) is 2. The highest BCUT2D eigenvalue weighted by Crippen LogP contribution is 2.29. The van der Waals surface area contributed by atoms with E-state index in [1.54, 1.807) is 24.3 Å². The maximum atomic E-state index is 13.1. The Labute approximate surface area is 177 Å². The van der Waals surface area contributed by atoms with Crippen LogP contribution in [0.3, 0.4) is 0 Å². The van der Waals surface area contributed by atoms with Gasteiger partial charge in [0.25, 0.3) is 0 Å². The second-order valence-electron chi connectivity index (χ2n) is 7.87. The van der Waals surface area contributed by atoms with E-state index in [4.69, 9.17) is 9.47 Å². The van der Waals surface area contributed by atoms with Crippen LogP contribution in [-0.2, 0) is 14.3 Å². The van der Waals surface area contributed by atoms with Crippen LogP contribution in [0.5, 0.6) is 5.75 Å². The number of benzene rings is 2. The van der Waals surface area contributed by atoms with Gasteiger partial charge in [-0.05, 0) is 67.5 Å². The smallest absolute Gasteiger partial charge is 0.314 e. The van der Waals surface area contributed by atoms with Crippen molar-refractivity contribution < 1.29 is 23.5 Å². The van der Waals surface area contributed by atoms with E-state index in [0.29, 0.717) is 37.9 Å². The van der Waals surface area contributed by atoms with Gasteiger partial charge in [-0.3, -0.25) is 9.59 Å². The molecule has 0 bridgehead atoms. The summed E-state index contributed by atoms with van der Waals surface area (Å²) in [6.07, 6.45) is 6.11. The van der Waals surface area contributed by atoms with Crippen molar-refractivity contribution in [1.29, 1.82) is 0 Å². The van der Waals surface area contributed by atoms with Crippen LogP contribution in [0.2, 0.25) is 0 Å². The molecule has 0 spiro atoms. The predicted octanol–water partition coefficient (Wildman–Crippen LogP) is 6.08. The van der Waals surface area contributed by atoms with Crippen molar-refractivity contribution in [3.63, 3.8) is 0 Å². The number of carbonyl (C=O) groups excluding carboxylic acids is 2. The lowest BCUT2D eigenvalue weighted by molar-refractivity contribution is -0.152. The van der Waals surface area contributed by atoms with E-state index < -0.39 is 0 Å². The molecule has 3 rings (SSSR count). The topological polar surface area (TPSA) is 52.6 Å². The van der Waals surface area contributed by atoms with Crippen molar-refractivity contribution in [2.24, 2.45) is 5.92 Å². The van der Waals surface area contributed by atoms with Crippen LogP contribution in [0, 0.1) is 11.7 Å². The number of esters is 2. The largest absolute Gasteiger partial charge is 0.462 e. The van der Waals surface area contributed by atoms with Gasteiger partial charge in [0.1, 0.15) is 17.7 Å². The molecular formula is C25H29FO4.